The minimum Gasteiger partial charge on any atom is -0.490 e. The molecule has 1 saturated carbocycles. The van der Waals surface area contributed by atoms with E-state index in [4.69, 9.17) is 4.74 Å². The van der Waals surface area contributed by atoms with Crippen molar-refractivity contribution in [3.8, 4) is 5.75 Å². The molecule has 0 aromatic heterocycles. The van der Waals surface area contributed by atoms with Gasteiger partial charge in [0.2, 0.25) is 5.82 Å². The number of allylic oxidation sites excluding steroid dienone is 2. The first-order valence-electron chi connectivity index (χ1n) is 8.98. The summed E-state index contributed by atoms with van der Waals surface area (Å²) < 4.78 is 34.1. The molecule has 0 radical (unpaired) electrons. The van der Waals surface area contributed by atoms with Crippen molar-refractivity contribution in [3.63, 3.8) is 0 Å². The molecule has 0 N–H and O–H groups in total. The predicted octanol–water partition coefficient (Wildman–Crippen LogP) is 5.98. The standard InChI is InChI=1S/C20H26F2O/c1-3-5-13-6-7-15-14(13)8-9-16(15)17-10-11-18(23-12-4-2)20(22)19(17)21/h9-11,13-15H,3-8,12H2,1-2H3. The first-order chi connectivity index (χ1) is 11.2. The fourth-order valence-corrected chi connectivity index (χ4v) is 4.42. The maximum absolute atomic E-state index is 14.5. The van der Waals surface area contributed by atoms with Gasteiger partial charge >= 0.3 is 0 Å². The summed E-state index contributed by atoms with van der Waals surface area (Å²) in [5, 5.41) is 0. The molecule has 0 aliphatic heterocycles. The average Bonchev–Trinajstić information content (AvgIpc) is 3.13. The monoisotopic (exact) mass is 320 g/mol. The van der Waals surface area contributed by atoms with Gasteiger partial charge in [0.15, 0.2) is 11.6 Å². The summed E-state index contributed by atoms with van der Waals surface area (Å²) in [6, 6.07) is 3.28. The molecule has 1 aromatic rings. The number of rotatable bonds is 6. The molecule has 0 saturated heterocycles. The zero-order valence-electron chi connectivity index (χ0n) is 14.1. The van der Waals surface area contributed by atoms with Gasteiger partial charge in [-0.25, -0.2) is 4.39 Å². The normalized spacial score (nSPS) is 26.3. The molecule has 3 atom stereocenters. The van der Waals surface area contributed by atoms with E-state index in [0.29, 0.717) is 24.0 Å². The van der Waals surface area contributed by atoms with Crippen LogP contribution in [0, 0.1) is 29.4 Å². The zero-order chi connectivity index (χ0) is 16.4. The molecule has 3 rings (SSSR count). The minimum absolute atomic E-state index is 0.0264. The molecule has 23 heavy (non-hydrogen) atoms. The highest BCUT2D eigenvalue weighted by molar-refractivity contribution is 5.71. The van der Waals surface area contributed by atoms with Crippen LogP contribution in [0.15, 0.2) is 18.2 Å². The van der Waals surface area contributed by atoms with Gasteiger partial charge in [-0.1, -0.05) is 32.8 Å². The Kier molecular flexibility index (Phi) is 5.03. The largest absolute Gasteiger partial charge is 0.490 e. The van der Waals surface area contributed by atoms with E-state index in [1.54, 1.807) is 12.1 Å². The molecule has 2 aliphatic rings. The number of hydrogen-bond acceptors (Lipinski definition) is 1. The highest BCUT2D eigenvalue weighted by Crippen LogP contribution is 2.52. The second-order valence-corrected chi connectivity index (χ2v) is 6.88. The van der Waals surface area contributed by atoms with Crippen molar-refractivity contribution in [1.82, 2.24) is 0 Å². The lowest BCUT2D eigenvalue weighted by atomic mass is 9.85. The predicted molar refractivity (Wildman–Crippen MR) is 89.4 cm³/mol. The SMILES string of the molecule is CCCOc1ccc(C2=CCC3C(CCC)CCC23)c(F)c1F. The molecule has 0 bridgehead atoms. The Morgan fingerprint density at radius 2 is 1.91 bits per heavy atom. The lowest BCUT2D eigenvalue weighted by molar-refractivity contribution is 0.295. The fourth-order valence-electron chi connectivity index (χ4n) is 4.42. The van der Waals surface area contributed by atoms with Gasteiger partial charge in [-0.15, -0.1) is 0 Å². The van der Waals surface area contributed by atoms with Crippen LogP contribution in [0.4, 0.5) is 8.78 Å². The second-order valence-electron chi connectivity index (χ2n) is 6.88. The van der Waals surface area contributed by atoms with Crippen LogP contribution in [0.1, 0.15) is 57.9 Å². The Bertz CT molecular complexity index is 594. The van der Waals surface area contributed by atoms with E-state index in [1.807, 2.05) is 6.92 Å². The third-order valence-electron chi connectivity index (χ3n) is 5.46. The molecular formula is C20H26F2O. The van der Waals surface area contributed by atoms with Gasteiger partial charge in [-0.05, 0) is 61.1 Å². The number of ether oxygens (including phenoxy) is 1. The van der Waals surface area contributed by atoms with E-state index in [-0.39, 0.29) is 5.75 Å². The van der Waals surface area contributed by atoms with Gasteiger partial charge in [0.25, 0.3) is 0 Å². The molecule has 1 aromatic carbocycles. The summed E-state index contributed by atoms with van der Waals surface area (Å²) in [6.07, 6.45) is 8.72. The highest BCUT2D eigenvalue weighted by Gasteiger charge is 2.41. The first-order valence-corrected chi connectivity index (χ1v) is 8.98. The Morgan fingerprint density at radius 1 is 1.09 bits per heavy atom. The summed E-state index contributed by atoms with van der Waals surface area (Å²) in [7, 11) is 0. The maximum Gasteiger partial charge on any atom is 0.201 e. The number of hydrogen-bond donors (Lipinski definition) is 0. The van der Waals surface area contributed by atoms with Gasteiger partial charge in [0, 0.05) is 5.56 Å². The van der Waals surface area contributed by atoms with Crippen LogP contribution >= 0.6 is 0 Å². The van der Waals surface area contributed by atoms with E-state index in [0.717, 1.165) is 30.8 Å². The molecule has 3 unspecified atom stereocenters. The Balaban J connectivity index is 1.82. The molecule has 0 spiro atoms. The van der Waals surface area contributed by atoms with Crippen molar-refractivity contribution in [2.24, 2.45) is 17.8 Å². The summed E-state index contributed by atoms with van der Waals surface area (Å²) in [6.45, 7) is 4.57. The Morgan fingerprint density at radius 3 is 2.65 bits per heavy atom. The van der Waals surface area contributed by atoms with E-state index in [1.165, 1.54) is 19.3 Å². The van der Waals surface area contributed by atoms with Crippen LogP contribution in [0.25, 0.3) is 5.57 Å². The smallest absolute Gasteiger partial charge is 0.201 e. The van der Waals surface area contributed by atoms with E-state index in [9.17, 15) is 8.78 Å². The molecule has 2 aliphatic carbocycles. The first kappa shape index (κ1) is 16.5. The highest BCUT2D eigenvalue weighted by atomic mass is 19.2. The van der Waals surface area contributed by atoms with E-state index < -0.39 is 11.6 Å². The van der Waals surface area contributed by atoms with Gasteiger partial charge in [0.05, 0.1) is 6.61 Å². The lowest BCUT2D eigenvalue weighted by Crippen LogP contribution is -2.11. The number of fused-ring (bicyclic) bond motifs is 1. The quantitative estimate of drug-likeness (QED) is 0.626. The molecule has 1 fully saturated rings. The average molecular weight is 320 g/mol. The van der Waals surface area contributed by atoms with Gasteiger partial charge < -0.3 is 4.74 Å². The lowest BCUT2D eigenvalue weighted by Gasteiger charge is -2.20. The molecular weight excluding hydrogens is 294 g/mol. The van der Waals surface area contributed by atoms with Crippen molar-refractivity contribution in [2.45, 2.75) is 52.4 Å². The second kappa shape index (κ2) is 7.02. The topological polar surface area (TPSA) is 9.23 Å². The summed E-state index contributed by atoms with van der Waals surface area (Å²) in [5.74, 6) is 0.219. The summed E-state index contributed by atoms with van der Waals surface area (Å²) >= 11 is 0. The molecule has 126 valence electrons. The van der Waals surface area contributed by atoms with Crippen molar-refractivity contribution >= 4 is 5.57 Å². The van der Waals surface area contributed by atoms with Crippen molar-refractivity contribution in [2.75, 3.05) is 6.61 Å². The fraction of sp³-hybridized carbons (Fsp3) is 0.600. The van der Waals surface area contributed by atoms with Crippen LogP contribution in [-0.4, -0.2) is 6.61 Å². The molecule has 0 amide bonds. The van der Waals surface area contributed by atoms with E-state index >= 15 is 0 Å². The van der Waals surface area contributed by atoms with Crippen molar-refractivity contribution < 1.29 is 13.5 Å². The van der Waals surface area contributed by atoms with Gasteiger partial charge in [-0.2, -0.15) is 4.39 Å². The van der Waals surface area contributed by atoms with Crippen molar-refractivity contribution in [1.29, 1.82) is 0 Å². The Hall–Kier alpha value is -1.38. The Labute approximate surface area is 137 Å². The van der Waals surface area contributed by atoms with Crippen molar-refractivity contribution in [3.05, 3.63) is 35.4 Å². The third-order valence-corrected chi connectivity index (χ3v) is 5.46. The minimum atomic E-state index is -0.844. The van der Waals surface area contributed by atoms with Gasteiger partial charge in [0.1, 0.15) is 0 Å². The maximum atomic E-state index is 14.5. The summed E-state index contributed by atoms with van der Waals surface area (Å²) in [5.41, 5.74) is 1.46. The molecule has 0 heterocycles. The zero-order valence-corrected chi connectivity index (χ0v) is 14.1. The third kappa shape index (κ3) is 3.02. The summed E-state index contributed by atoms with van der Waals surface area (Å²) in [4.78, 5) is 0. The molecule has 1 nitrogen and oxygen atoms in total. The van der Waals surface area contributed by atoms with Crippen LogP contribution in [0.5, 0.6) is 5.75 Å². The van der Waals surface area contributed by atoms with Crippen LogP contribution < -0.4 is 4.74 Å². The number of benzene rings is 1. The van der Waals surface area contributed by atoms with Crippen LogP contribution in [0.3, 0.4) is 0 Å². The van der Waals surface area contributed by atoms with Crippen LogP contribution in [-0.2, 0) is 0 Å². The van der Waals surface area contributed by atoms with E-state index in [2.05, 4.69) is 13.0 Å². The molecule has 3 heteroatoms. The van der Waals surface area contributed by atoms with Gasteiger partial charge in [-0.3, -0.25) is 0 Å². The van der Waals surface area contributed by atoms with Crippen LogP contribution in [0.2, 0.25) is 0 Å². The number of halogens is 2.